The highest BCUT2D eigenvalue weighted by Gasteiger charge is 2.34. The average Bonchev–Trinajstić information content (AvgIpc) is 2.87. The summed E-state index contributed by atoms with van der Waals surface area (Å²) in [5, 5.41) is 2.59. The van der Waals surface area contributed by atoms with Crippen molar-refractivity contribution in [1.82, 2.24) is 4.57 Å². The second kappa shape index (κ2) is 4.41. The molecular formula is C22H19NO. The highest BCUT2D eigenvalue weighted by Crippen LogP contribution is 2.49. The molecule has 0 unspecified atom stereocenters. The number of rotatable bonds is 0. The molecule has 0 saturated carbocycles. The quantitative estimate of drug-likeness (QED) is 0.402. The summed E-state index contributed by atoms with van der Waals surface area (Å²) in [6.45, 7) is 4.56. The van der Waals surface area contributed by atoms with Gasteiger partial charge in [-0.15, -0.1) is 0 Å². The standard InChI is InChI=1S/C22H19NO/c1-22(2)16-9-5-7-11-20(16)24-21-13-19-15(12-17(21)22)14-8-4-6-10-18(14)23(19)3/h4-13H,1-3H3. The van der Waals surface area contributed by atoms with Crippen LogP contribution in [0.25, 0.3) is 21.8 Å². The van der Waals surface area contributed by atoms with E-state index < -0.39 is 0 Å². The molecule has 0 fully saturated rings. The van der Waals surface area contributed by atoms with Crippen molar-refractivity contribution in [3.8, 4) is 11.5 Å². The minimum Gasteiger partial charge on any atom is -0.457 e. The van der Waals surface area contributed by atoms with E-state index in [0.717, 1.165) is 11.5 Å². The third kappa shape index (κ3) is 1.60. The Labute approximate surface area is 141 Å². The summed E-state index contributed by atoms with van der Waals surface area (Å²) in [6.07, 6.45) is 0. The second-order valence-corrected chi connectivity index (χ2v) is 7.16. The first kappa shape index (κ1) is 13.7. The molecule has 0 aliphatic carbocycles. The van der Waals surface area contributed by atoms with E-state index in [4.69, 9.17) is 4.74 Å². The molecule has 2 nitrogen and oxygen atoms in total. The zero-order valence-electron chi connectivity index (χ0n) is 14.1. The van der Waals surface area contributed by atoms with Gasteiger partial charge in [0.2, 0.25) is 0 Å². The van der Waals surface area contributed by atoms with Gasteiger partial charge in [0.25, 0.3) is 0 Å². The molecule has 0 atom stereocenters. The number of hydrogen-bond donors (Lipinski definition) is 0. The summed E-state index contributed by atoms with van der Waals surface area (Å²) in [5.74, 6) is 1.94. The monoisotopic (exact) mass is 313 g/mol. The van der Waals surface area contributed by atoms with E-state index in [2.05, 4.69) is 80.1 Å². The van der Waals surface area contributed by atoms with E-state index in [0.29, 0.717) is 0 Å². The fourth-order valence-electron chi connectivity index (χ4n) is 4.09. The van der Waals surface area contributed by atoms with E-state index >= 15 is 0 Å². The zero-order valence-corrected chi connectivity index (χ0v) is 14.1. The van der Waals surface area contributed by atoms with Crippen molar-refractivity contribution >= 4 is 21.8 Å². The first-order valence-electron chi connectivity index (χ1n) is 8.36. The van der Waals surface area contributed by atoms with Crippen molar-refractivity contribution in [2.45, 2.75) is 19.3 Å². The van der Waals surface area contributed by atoms with Crippen molar-refractivity contribution in [2.24, 2.45) is 7.05 Å². The Balaban J connectivity index is 1.89. The molecule has 2 heteroatoms. The molecule has 0 saturated heterocycles. The maximum Gasteiger partial charge on any atom is 0.133 e. The van der Waals surface area contributed by atoms with Crippen molar-refractivity contribution in [1.29, 1.82) is 0 Å². The molecule has 0 radical (unpaired) electrons. The van der Waals surface area contributed by atoms with Crippen molar-refractivity contribution in [2.75, 3.05) is 0 Å². The molecule has 2 heterocycles. The number of fused-ring (bicyclic) bond motifs is 5. The van der Waals surface area contributed by atoms with Gasteiger partial charge in [-0.2, -0.15) is 0 Å². The lowest BCUT2D eigenvalue weighted by atomic mass is 9.75. The summed E-state index contributed by atoms with van der Waals surface area (Å²) in [4.78, 5) is 0. The van der Waals surface area contributed by atoms with Gasteiger partial charge >= 0.3 is 0 Å². The lowest BCUT2D eigenvalue weighted by Gasteiger charge is -2.34. The largest absolute Gasteiger partial charge is 0.457 e. The number of ether oxygens (including phenoxy) is 1. The van der Waals surface area contributed by atoms with Crippen LogP contribution in [0.1, 0.15) is 25.0 Å². The summed E-state index contributed by atoms with van der Waals surface area (Å²) in [7, 11) is 2.12. The van der Waals surface area contributed by atoms with Crippen LogP contribution in [0.4, 0.5) is 0 Å². The fourth-order valence-corrected chi connectivity index (χ4v) is 4.09. The summed E-state index contributed by atoms with van der Waals surface area (Å²) >= 11 is 0. The summed E-state index contributed by atoms with van der Waals surface area (Å²) in [5.41, 5.74) is 4.90. The highest BCUT2D eigenvalue weighted by atomic mass is 16.5. The van der Waals surface area contributed by atoms with Gasteiger partial charge in [0.1, 0.15) is 11.5 Å². The molecule has 0 amide bonds. The highest BCUT2D eigenvalue weighted by molar-refractivity contribution is 6.08. The SMILES string of the molecule is Cn1c2ccccc2c2cc3c(cc21)Oc1ccccc1C3(C)C. The van der Waals surface area contributed by atoms with Crippen LogP contribution in [-0.4, -0.2) is 4.57 Å². The van der Waals surface area contributed by atoms with Crippen molar-refractivity contribution in [3.63, 3.8) is 0 Å². The number of aromatic nitrogens is 1. The van der Waals surface area contributed by atoms with Gasteiger partial charge in [0, 0.05) is 45.9 Å². The molecule has 0 bridgehead atoms. The minimum atomic E-state index is -0.0741. The predicted molar refractivity (Wildman–Crippen MR) is 99.1 cm³/mol. The molecule has 5 rings (SSSR count). The molecule has 1 aliphatic rings. The Morgan fingerprint density at radius 1 is 0.750 bits per heavy atom. The summed E-state index contributed by atoms with van der Waals surface area (Å²) < 4.78 is 8.51. The van der Waals surface area contributed by atoms with Crippen LogP contribution in [-0.2, 0) is 12.5 Å². The summed E-state index contributed by atoms with van der Waals surface area (Å²) in [6, 6.07) is 21.5. The molecule has 0 spiro atoms. The van der Waals surface area contributed by atoms with Gasteiger partial charge in [0.05, 0.1) is 5.52 Å². The molecule has 3 aromatic carbocycles. The maximum absolute atomic E-state index is 6.26. The molecule has 4 aromatic rings. The van der Waals surface area contributed by atoms with Crippen LogP contribution in [0.15, 0.2) is 60.7 Å². The van der Waals surface area contributed by atoms with E-state index in [9.17, 15) is 0 Å². The van der Waals surface area contributed by atoms with Gasteiger partial charge in [-0.05, 0) is 18.2 Å². The lowest BCUT2D eigenvalue weighted by Crippen LogP contribution is -2.24. The topological polar surface area (TPSA) is 14.2 Å². The Morgan fingerprint density at radius 2 is 1.50 bits per heavy atom. The first-order valence-corrected chi connectivity index (χ1v) is 8.36. The van der Waals surface area contributed by atoms with Crippen LogP contribution in [0.5, 0.6) is 11.5 Å². The maximum atomic E-state index is 6.26. The van der Waals surface area contributed by atoms with Crippen molar-refractivity contribution in [3.05, 3.63) is 71.8 Å². The molecule has 24 heavy (non-hydrogen) atoms. The third-order valence-electron chi connectivity index (χ3n) is 5.47. The van der Waals surface area contributed by atoms with Crippen LogP contribution < -0.4 is 4.74 Å². The third-order valence-corrected chi connectivity index (χ3v) is 5.47. The Bertz CT molecular complexity index is 1120. The van der Waals surface area contributed by atoms with Crippen LogP contribution in [0.2, 0.25) is 0 Å². The van der Waals surface area contributed by atoms with E-state index in [1.807, 2.05) is 6.07 Å². The number of nitrogens with zero attached hydrogens (tertiary/aromatic N) is 1. The van der Waals surface area contributed by atoms with Crippen LogP contribution in [0, 0.1) is 0 Å². The number of aryl methyl sites for hydroxylation is 1. The number of hydrogen-bond acceptors (Lipinski definition) is 1. The van der Waals surface area contributed by atoms with Gasteiger partial charge in [-0.3, -0.25) is 0 Å². The minimum absolute atomic E-state index is 0.0741. The molecule has 1 aliphatic heterocycles. The fraction of sp³-hybridized carbons (Fsp3) is 0.182. The van der Waals surface area contributed by atoms with Crippen LogP contribution in [0.3, 0.4) is 0 Å². The lowest BCUT2D eigenvalue weighted by molar-refractivity contribution is 0.419. The molecular weight excluding hydrogens is 294 g/mol. The van der Waals surface area contributed by atoms with E-state index in [1.54, 1.807) is 0 Å². The Hall–Kier alpha value is -2.74. The Morgan fingerprint density at radius 3 is 2.38 bits per heavy atom. The van der Waals surface area contributed by atoms with E-state index in [1.165, 1.54) is 32.9 Å². The van der Waals surface area contributed by atoms with Gasteiger partial charge < -0.3 is 9.30 Å². The smallest absolute Gasteiger partial charge is 0.133 e. The van der Waals surface area contributed by atoms with Gasteiger partial charge in [0.15, 0.2) is 0 Å². The van der Waals surface area contributed by atoms with Crippen LogP contribution >= 0.6 is 0 Å². The van der Waals surface area contributed by atoms with Crippen molar-refractivity contribution < 1.29 is 4.74 Å². The van der Waals surface area contributed by atoms with Gasteiger partial charge in [-0.25, -0.2) is 0 Å². The molecule has 118 valence electrons. The average molecular weight is 313 g/mol. The van der Waals surface area contributed by atoms with E-state index in [-0.39, 0.29) is 5.41 Å². The normalized spacial score (nSPS) is 15.1. The second-order valence-electron chi connectivity index (χ2n) is 7.16. The number of para-hydroxylation sites is 2. The number of benzene rings is 3. The molecule has 1 aromatic heterocycles. The van der Waals surface area contributed by atoms with Gasteiger partial charge in [-0.1, -0.05) is 50.2 Å². The first-order chi connectivity index (χ1) is 11.6. The predicted octanol–water partition coefficient (Wildman–Crippen LogP) is 5.76. The zero-order chi connectivity index (χ0) is 16.5. The molecule has 0 N–H and O–H groups in total. The Kier molecular flexibility index (Phi) is 2.52.